The zero-order valence-electron chi connectivity index (χ0n) is 10.7. The van der Waals surface area contributed by atoms with Crippen molar-refractivity contribution in [1.29, 1.82) is 0 Å². The number of hydrogen-bond acceptors (Lipinski definition) is 6. The second kappa shape index (κ2) is 5.85. The highest BCUT2D eigenvalue weighted by Gasteiger charge is 2.05. The Morgan fingerprint density at radius 3 is 2.90 bits per heavy atom. The Kier molecular flexibility index (Phi) is 3.76. The summed E-state index contributed by atoms with van der Waals surface area (Å²) in [6.45, 7) is 0. The number of fused-ring (bicyclic) bond motifs is 1. The van der Waals surface area contributed by atoms with E-state index in [2.05, 4.69) is 20.4 Å². The van der Waals surface area contributed by atoms with E-state index in [4.69, 9.17) is 5.84 Å². The molecule has 0 unspecified atom stereocenters. The minimum absolute atomic E-state index is 0.733. The largest absolute Gasteiger partial charge is 0.324 e. The molecule has 0 aliphatic carbocycles. The molecule has 0 bridgehead atoms. The van der Waals surface area contributed by atoms with Crippen LogP contribution in [0.3, 0.4) is 0 Å². The summed E-state index contributed by atoms with van der Waals surface area (Å²) in [6.07, 6.45) is 3.33. The summed E-state index contributed by atoms with van der Waals surface area (Å²) < 4.78 is 0. The third kappa shape index (κ3) is 2.71. The summed E-state index contributed by atoms with van der Waals surface area (Å²) in [5.74, 6) is 6.13. The molecule has 0 fully saturated rings. The first-order chi connectivity index (χ1) is 9.86. The number of nitrogens with two attached hydrogens (primary N) is 1. The second-order valence-electron chi connectivity index (χ2n) is 4.16. The molecular weight excluding hydrogens is 270 g/mol. The molecule has 0 saturated carbocycles. The molecule has 0 aliphatic heterocycles. The Bertz CT molecular complexity index is 726. The lowest BCUT2D eigenvalue weighted by Crippen LogP contribution is -2.07. The molecule has 6 heteroatoms. The fourth-order valence-electron chi connectivity index (χ4n) is 1.88. The average Bonchev–Trinajstić information content (AvgIpc) is 2.53. The fourth-order valence-corrected chi connectivity index (χ4v) is 2.78. The summed E-state index contributed by atoms with van der Waals surface area (Å²) in [6, 6.07) is 11.7. The third-order valence-electron chi connectivity index (χ3n) is 2.85. The number of rotatable bonds is 4. The first-order valence-electron chi connectivity index (χ1n) is 6.11. The van der Waals surface area contributed by atoms with Crippen LogP contribution in [-0.2, 0) is 5.75 Å². The summed E-state index contributed by atoms with van der Waals surface area (Å²) in [4.78, 5) is 12.9. The van der Waals surface area contributed by atoms with Crippen molar-refractivity contribution >= 4 is 28.4 Å². The quantitative estimate of drug-likeness (QED) is 0.332. The van der Waals surface area contributed by atoms with Crippen molar-refractivity contribution in [1.82, 2.24) is 15.0 Å². The van der Waals surface area contributed by atoms with Crippen LogP contribution in [0.1, 0.15) is 5.69 Å². The number of para-hydroxylation sites is 1. The number of hydrogen-bond donors (Lipinski definition) is 2. The Labute approximate surface area is 120 Å². The molecule has 2 heterocycles. The number of nitrogens with zero attached hydrogens (tertiary/aromatic N) is 3. The van der Waals surface area contributed by atoms with E-state index in [0.717, 1.165) is 33.1 Å². The number of pyridine rings is 1. The monoisotopic (exact) mass is 283 g/mol. The van der Waals surface area contributed by atoms with Gasteiger partial charge in [0.1, 0.15) is 11.4 Å². The molecule has 20 heavy (non-hydrogen) atoms. The van der Waals surface area contributed by atoms with Gasteiger partial charge in [-0.2, -0.15) is 0 Å². The molecule has 2 aromatic heterocycles. The van der Waals surface area contributed by atoms with E-state index in [1.165, 1.54) is 0 Å². The molecule has 0 atom stereocenters. The second-order valence-corrected chi connectivity index (χ2v) is 5.13. The Morgan fingerprint density at radius 1 is 1.10 bits per heavy atom. The number of aromatic nitrogens is 3. The lowest BCUT2D eigenvalue weighted by atomic mass is 10.2. The molecule has 0 spiro atoms. The Morgan fingerprint density at radius 2 is 2.00 bits per heavy atom. The van der Waals surface area contributed by atoms with E-state index in [0.29, 0.717) is 0 Å². The molecule has 3 rings (SSSR count). The molecule has 0 radical (unpaired) electrons. The SMILES string of the molecule is NNc1ccnc(CSc2ncnc3ccccc23)c1. The van der Waals surface area contributed by atoms with Crippen molar-refractivity contribution in [2.75, 3.05) is 5.43 Å². The van der Waals surface area contributed by atoms with Gasteiger partial charge in [0.05, 0.1) is 16.9 Å². The molecule has 1 aromatic carbocycles. The van der Waals surface area contributed by atoms with Crippen LogP contribution in [0.5, 0.6) is 0 Å². The molecular formula is C14H13N5S. The highest BCUT2D eigenvalue weighted by atomic mass is 32.2. The third-order valence-corrected chi connectivity index (χ3v) is 3.89. The molecule has 5 nitrogen and oxygen atoms in total. The predicted octanol–water partition coefficient (Wildman–Crippen LogP) is 2.60. The van der Waals surface area contributed by atoms with Crippen LogP contribution in [0.2, 0.25) is 0 Å². The molecule has 100 valence electrons. The molecule has 0 aliphatic rings. The van der Waals surface area contributed by atoms with Crippen LogP contribution < -0.4 is 11.3 Å². The van der Waals surface area contributed by atoms with Gasteiger partial charge in [-0.3, -0.25) is 10.8 Å². The summed E-state index contributed by atoms with van der Waals surface area (Å²) in [7, 11) is 0. The zero-order valence-corrected chi connectivity index (χ0v) is 11.5. The van der Waals surface area contributed by atoms with Crippen molar-refractivity contribution in [3.8, 4) is 0 Å². The summed E-state index contributed by atoms with van der Waals surface area (Å²) in [5, 5.41) is 2.02. The van der Waals surface area contributed by atoms with Crippen LogP contribution in [0.4, 0.5) is 5.69 Å². The van der Waals surface area contributed by atoms with Gasteiger partial charge in [0.25, 0.3) is 0 Å². The van der Waals surface area contributed by atoms with Gasteiger partial charge in [0, 0.05) is 17.3 Å². The van der Waals surface area contributed by atoms with Gasteiger partial charge in [-0.05, 0) is 18.2 Å². The molecule has 0 saturated heterocycles. The number of nitrogens with one attached hydrogen (secondary N) is 1. The average molecular weight is 283 g/mol. The van der Waals surface area contributed by atoms with Gasteiger partial charge in [-0.25, -0.2) is 9.97 Å². The van der Waals surface area contributed by atoms with E-state index in [-0.39, 0.29) is 0 Å². The number of benzene rings is 1. The Balaban J connectivity index is 1.83. The maximum atomic E-state index is 5.40. The maximum Gasteiger partial charge on any atom is 0.117 e. The molecule has 3 N–H and O–H groups in total. The van der Waals surface area contributed by atoms with E-state index >= 15 is 0 Å². The van der Waals surface area contributed by atoms with Gasteiger partial charge in [0.2, 0.25) is 0 Å². The van der Waals surface area contributed by atoms with Crippen molar-refractivity contribution in [2.45, 2.75) is 10.8 Å². The van der Waals surface area contributed by atoms with Gasteiger partial charge in [-0.15, -0.1) is 0 Å². The lowest BCUT2D eigenvalue weighted by Gasteiger charge is -2.05. The zero-order chi connectivity index (χ0) is 13.8. The minimum Gasteiger partial charge on any atom is -0.324 e. The van der Waals surface area contributed by atoms with Crippen LogP contribution >= 0.6 is 11.8 Å². The van der Waals surface area contributed by atoms with Gasteiger partial charge in [-0.1, -0.05) is 30.0 Å². The predicted molar refractivity (Wildman–Crippen MR) is 81.1 cm³/mol. The number of thioether (sulfide) groups is 1. The molecule has 0 amide bonds. The van der Waals surface area contributed by atoms with Crippen molar-refractivity contribution in [3.63, 3.8) is 0 Å². The van der Waals surface area contributed by atoms with E-state index in [1.54, 1.807) is 24.3 Å². The van der Waals surface area contributed by atoms with Gasteiger partial charge >= 0.3 is 0 Å². The highest BCUT2D eigenvalue weighted by molar-refractivity contribution is 7.98. The smallest absolute Gasteiger partial charge is 0.117 e. The summed E-state index contributed by atoms with van der Waals surface area (Å²) >= 11 is 1.64. The first-order valence-corrected chi connectivity index (χ1v) is 7.09. The van der Waals surface area contributed by atoms with Crippen molar-refractivity contribution in [3.05, 3.63) is 54.6 Å². The normalized spacial score (nSPS) is 10.7. The van der Waals surface area contributed by atoms with Crippen LogP contribution in [-0.4, -0.2) is 15.0 Å². The van der Waals surface area contributed by atoms with Crippen LogP contribution in [0.15, 0.2) is 53.9 Å². The van der Waals surface area contributed by atoms with Crippen LogP contribution in [0, 0.1) is 0 Å². The number of nitrogen functional groups attached to an aromatic ring is 1. The maximum absolute atomic E-state index is 5.40. The Hall–Kier alpha value is -2.18. The number of anilines is 1. The van der Waals surface area contributed by atoms with E-state index in [9.17, 15) is 0 Å². The molecule has 3 aromatic rings. The topological polar surface area (TPSA) is 76.7 Å². The fraction of sp³-hybridized carbons (Fsp3) is 0.0714. The van der Waals surface area contributed by atoms with Crippen molar-refractivity contribution in [2.24, 2.45) is 5.84 Å². The van der Waals surface area contributed by atoms with Gasteiger partial charge < -0.3 is 5.43 Å². The highest BCUT2D eigenvalue weighted by Crippen LogP contribution is 2.26. The summed E-state index contributed by atoms with van der Waals surface area (Å²) in [5.41, 5.74) is 5.38. The standard InChI is InChI=1S/C14H13N5S/c15-19-10-5-6-16-11(7-10)8-20-14-12-3-1-2-4-13(12)17-9-18-14/h1-7,9H,8,15H2,(H,16,19). The first kappa shape index (κ1) is 12.8. The lowest BCUT2D eigenvalue weighted by molar-refractivity contribution is 1.09. The van der Waals surface area contributed by atoms with E-state index < -0.39 is 0 Å². The van der Waals surface area contributed by atoms with Crippen molar-refractivity contribution < 1.29 is 0 Å². The number of hydrazine groups is 1. The van der Waals surface area contributed by atoms with Gasteiger partial charge in [0.15, 0.2) is 0 Å². The minimum atomic E-state index is 0.733. The van der Waals surface area contributed by atoms with Crippen LogP contribution in [0.25, 0.3) is 10.9 Å². The van der Waals surface area contributed by atoms with E-state index in [1.807, 2.05) is 36.4 Å².